The molecule has 8 rings (SSSR count). The zero-order valence-corrected chi connectivity index (χ0v) is 29.3. The third-order valence-corrected chi connectivity index (χ3v) is 9.79. The van der Waals surface area contributed by atoms with E-state index >= 15 is 4.39 Å². The van der Waals surface area contributed by atoms with Gasteiger partial charge in [0.25, 0.3) is 0 Å². The van der Waals surface area contributed by atoms with Gasteiger partial charge in [0.2, 0.25) is 5.88 Å². The summed E-state index contributed by atoms with van der Waals surface area (Å²) in [6.45, 7) is 10.1. The Morgan fingerprint density at radius 2 is 1.72 bits per heavy atom. The van der Waals surface area contributed by atoms with Gasteiger partial charge in [-0.1, -0.05) is 30.3 Å². The summed E-state index contributed by atoms with van der Waals surface area (Å²) in [5, 5.41) is 6.40. The van der Waals surface area contributed by atoms with Crippen LogP contribution in [-0.2, 0) is 16.1 Å². The largest absolute Gasteiger partial charge is 0.486 e. The quantitative estimate of drug-likeness (QED) is 0.152. The second-order valence-corrected chi connectivity index (χ2v) is 14.8. The molecule has 262 valence electrons. The highest BCUT2D eigenvalue weighted by Crippen LogP contribution is 2.53. The van der Waals surface area contributed by atoms with Crippen LogP contribution in [0, 0.1) is 12.7 Å². The van der Waals surface area contributed by atoms with Gasteiger partial charge in [-0.05, 0) is 88.5 Å². The Morgan fingerprint density at radius 1 is 0.920 bits per heavy atom. The maximum Gasteiger partial charge on any atom is 0.320 e. The minimum absolute atomic E-state index is 0.0829. The van der Waals surface area contributed by atoms with Crippen molar-refractivity contribution in [2.75, 3.05) is 19.8 Å². The molecule has 0 N–H and O–H groups in total. The van der Waals surface area contributed by atoms with Crippen LogP contribution in [-0.4, -0.2) is 51.3 Å². The molecule has 3 fully saturated rings. The SMILES string of the molecule is Cc1c(F)cc2c(cnn2C2CCCCO2)c1-c1c(C2CC2)cc2c(OC(C)(C)C)nc(OC3CCOCC3)nc2c1OCc1ccccc1. The summed E-state index contributed by atoms with van der Waals surface area (Å²) in [4.78, 5) is 9.94. The smallest absolute Gasteiger partial charge is 0.320 e. The van der Waals surface area contributed by atoms with E-state index in [-0.39, 0.29) is 30.1 Å². The molecule has 2 saturated heterocycles. The van der Waals surface area contributed by atoms with E-state index in [9.17, 15) is 0 Å². The fraction of sp³-hybridized carbons (Fsp3) is 0.475. The minimum atomic E-state index is -0.540. The molecule has 0 bridgehead atoms. The number of rotatable bonds is 9. The lowest BCUT2D eigenvalue weighted by atomic mass is 9.88. The Labute approximate surface area is 292 Å². The van der Waals surface area contributed by atoms with E-state index in [0.717, 1.165) is 78.0 Å². The first-order valence-corrected chi connectivity index (χ1v) is 18.0. The van der Waals surface area contributed by atoms with Gasteiger partial charge in [0, 0.05) is 42.0 Å². The van der Waals surface area contributed by atoms with E-state index in [4.69, 9.17) is 38.8 Å². The number of halogens is 1. The number of hydrogen-bond acceptors (Lipinski definition) is 8. The van der Waals surface area contributed by atoms with Crippen molar-refractivity contribution >= 4 is 21.8 Å². The van der Waals surface area contributed by atoms with E-state index in [1.165, 1.54) is 0 Å². The molecule has 3 aromatic carbocycles. The Hall–Kier alpha value is -4.28. The summed E-state index contributed by atoms with van der Waals surface area (Å²) in [6.07, 6.45) is 7.95. The van der Waals surface area contributed by atoms with Gasteiger partial charge >= 0.3 is 6.01 Å². The monoisotopic (exact) mass is 680 g/mol. The molecule has 10 heteroatoms. The molecule has 4 heterocycles. The topological polar surface area (TPSA) is 89.8 Å². The second kappa shape index (κ2) is 13.5. The van der Waals surface area contributed by atoms with E-state index < -0.39 is 5.60 Å². The van der Waals surface area contributed by atoms with E-state index in [2.05, 4.69) is 6.07 Å². The van der Waals surface area contributed by atoms with Crippen LogP contribution in [0.2, 0.25) is 0 Å². The van der Waals surface area contributed by atoms with Gasteiger partial charge in [0.15, 0.2) is 12.0 Å². The fourth-order valence-electron chi connectivity index (χ4n) is 7.14. The molecule has 1 unspecified atom stereocenters. The predicted molar refractivity (Wildman–Crippen MR) is 189 cm³/mol. The lowest BCUT2D eigenvalue weighted by Gasteiger charge is -2.26. The molecule has 0 radical (unpaired) electrons. The molecule has 5 aromatic rings. The van der Waals surface area contributed by atoms with Crippen molar-refractivity contribution in [2.24, 2.45) is 0 Å². The Bertz CT molecular complexity index is 2010. The van der Waals surface area contributed by atoms with Crippen LogP contribution in [0.5, 0.6) is 17.6 Å². The molecule has 3 aliphatic rings. The first-order valence-electron chi connectivity index (χ1n) is 18.0. The van der Waals surface area contributed by atoms with Crippen molar-refractivity contribution < 1.29 is 28.1 Å². The molecular weight excluding hydrogens is 635 g/mol. The highest BCUT2D eigenvalue weighted by molar-refractivity contribution is 6.05. The van der Waals surface area contributed by atoms with Crippen LogP contribution in [0.15, 0.2) is 48.7 Å². The summed E-state index contributed by atoms with van der Waals surface area (Å²) in [5.74, 6) is 0.960. The standard InChI is InChI=1S/C40H45FN4O5/c1-24-31(41)21-32-30(22-42-45(32)33-12-8-9-17-47-33)34(24)35-28(26-13-14-26)20-29-36(37(35)48-23-25-10-6-5-7-11-25)43-39(44-38(29)50-40(2,3)4)49-27-15-18-46-19-16-27/h5-7,10-11,20-22,26-27,33H,8-9,12-19,23H2,1-4H3. The molecule has 1 atom stereocenters. The van der Waals surface area contributed by atoms with Crippen LogP contribution in [0.3, 0.4) is 0 Å². The maximum absolute atomic E-state index is 16.2. The van der Waals surface area contributed by atoms with Crippen molar-refractivity contribution in [3.63, 3.8) is 0 Å². The van der Waals surface area contributed by atoms with Crippen LogP contribution in [0.1, 0.15) is 94.6 Å². The number of benzene rings is 3. The molecule has 1 saturated carbocycles. The normalized spacial score (nSPS) is 18.9. The molecule has 0 spiro atoms. The maximum atomic E-state index is 16.2. The molecule has 2 aromatic heterocycles. The van der Waals surface area contributed by atoms with Crippen LogP contribution >= 0.6 is 0 Å². The third kappa shape index (κ3) is 6.63. The summed E-state index contributed by atoms with van der Waals surface area (Å²) >= 11 is 0. The van der Waals surface area contributed by atoms with Crippen molar-refractivity contribution in [3.8, 4) is 28.8 Å². The summed E-state index contributed by atoms with van der Waals surface area (Å²) in [6, 6.07) is 14.0. The number of aromatic nitrogens is 4. The first kappa shape index (κ1) is 32.9. The van der Waals surface area contributed by atoms with Crippen LogP contribution in [0.4, 0.5) is 4.39 Å². The molecule has 9 nitrogen and oxygen atoms in total. The highest BCUT2D eigenvalue weighted by Gasteiger charge is 2.34. The average molecular weight is 681 g/mol. The Kier molecular flexibility index (Phi) is 8.85. The average Bonchev–Trinajstić information content (AvgIpc) is 3.88. The highest BCUT2D eigenvalue weighted by atomic mass is 19.1. The number of nitrogens with zero attached hydrogens (tertiary/aromatic N) is 4. The van der Waals surface area contributed by atoms with Crippen LogP contribution < -0.4 is 14.2 Å². The van der Waals surface area contributed by atoms with E-state index in [1.54, 1.807) is 6.07 Å². The minimum Gasteiger partial charge on any atom is -0.486 e. The number of ether oxygens (including phenoxy) is 5. The summed E-state index contributed by atoms with van der Waals surface area (Å²) in [5.41, 5.74) is 4.93. The number of hydrogen-bond donors (Lipinski definition) is 0. The van der Waals surface area contributed by atoms with Gasteiger partial charge in [-0.15, -0.1) is 0 Å². The van der Waals surface area contributed by atoms with E-state index in [0.29, 0.717) is 54.7 Å². The zero-order chi connectivity index (χ0) is 34.4. The molecule has 0 amide bonds. The second-order valence-electron chi connectivity index (χ2n) is 14.8. The van der Waals surface area contributed by atoms with Gasteiger partial charge in [0.1, 0.15) is 29.6 Å². The van der Waals surface area contributed by atoms with Gasteiger partial charge in [-0.3, -0.25) is 0 Å². The lowest BCUT2D eigenvalue weighted by Crippen LogP contribution is -2.27. The van der Waals surface area contributed by atoms with Crippen molar-refractivity contribution in [2.45, 2.75) is 103 Å². The Morgan fingerprint density at radius 3 is 2.44 bits per heavy atom. The molecule has 1 aliphatic carbocycles. The molecule has 2 aliphatic heterocycles. The third-order valence-electron chi connectivity index (χ3n) is 9.79. The first-order chi connectivity index (χ1) is 24.2. The van der Waals surface area contributed by atoms with Gasteiger partial charge in [-0.25, -0.2) is 9.07 Å². The summed E-state index contributed by atoms with van der Waals surface area (Å²) < 4.78 is 49.7. The van der Waals surface area contributed by atoms with Gasteiger partial charge in [-0.2, -0.15) is 15.1 Å². The lowest BCUT2D eigenvalue weighted by molar-refractivity contribution is -0.0366. The fourth-order valence-corrected chi connectivity index (χ4v) is 7.14. The van der Waals surface area contributed by atoms with Crippen LogP contribution in [0.25, 0.3) is 32.9 Å². The van der Waals surface area contributed by atoms with Crippen molar-refractivity contribution in [1.82, 2.24) is 19.7 Å². The van der Waals surface area contributed by atoms with Crippen molar-refractivity contribution in [1.29, 1.82) is 0 Å². The van der Waals surface area contributed by atoms with Gasteiger partial charge in [0.05, 0.1) is 30.3 Å². The van der Waals surface area contributed by atoms with Crippen molar-refractivity contribution in [3.05, 3.63) is 71.2 Å². The Balaban J connectivity index is 1.40. The number of fused-ring (bicyclic) bond motifs is 2. The van der Waals surface area contributed by atoms with Gasteiger partial charge < -0.3 is 23.7 Å². The van der Waals surface area contributed by atoms with E-state index in [1.807, 2.05) is 68.9 Å². The molecular formula is C40H45FN4O5. The predicted octanol–water partition coefficient (Wildman–Crippen LogP) is 8.98. The molecule has 50 heavy (non-hydrogen) atoms. The zero-order valence-electron chi connectivity index (χ0n) is 29.3. The summed E-state index contributed by atoms with van der Waals surface area (Å²) in [7, 11) is 0.